The molecule has 7 heavy (non-hydrogen) atoms. The van der Waals surface area contributed by atoms with Crippen LogP contribution in [0.15, 0.2) is 0 Å². The van der Waals surface area contributed by atoms with Crippen LogP contribution in [-0.2, 0) is 0 Å². The quantitative estimate of drug-likeness (QED) is 0.338. The number of aliphatic hydroxyl groups excluding tert-OH is 1. The molecule has 0 heterocycles. The number of hydrogen-bond donors (Lipinski definition) is 1. The second-order valence-corrected chi connectivity index (χ2v) is 0.250. The molecule has 0 amide bonds. The van der Waals surface area contributed by atoms with Crippen LogP contribution >= 0.6 is 0 Å². The van der Waals surface area contributed by atoms with Gasteiger partial charge in [-0.3, -0.25) is 0 Å². The van der Waals surface area contributed by atoms with E-state index in [2.05, 4.69) is 0 Å². The Hall–Kier alpha value is -0.00377. The van der Waals surface area contributed by atoms with Crippen LogP contribution in [0.1, 0.15) is 0 Å². The molecule has 0 radical (unpaired) electrons. The summed E-state index contributed by atoms with van der Waals surface area (Å²) in [5, 5.41) is 23.7. The number of aliphatic hydroxyl groups is 1. The van der Waals surface area contributed by atoms with Crippen molar-refractivity contribution in [1.29, 1.82) is 0 Å². The Labute approximate surface area is 56.9 Å². The van der Waals surface area contributed by atoms with E-state index in [9.17, 15) is 0 Å². The van der Waals surface area contributed by atoms with Crippen molar-refractivity contribution in [2.45, 2.75) is 0 Å². The largest absolute Gasteiger partial charge is 2.00 e. The molecule has 1 N–H and O–H groups in total. The van der Waals surface area contributed by atoms with E-state index in [1.165, 1.54) is 0 Å². The summed E-state index contributed by atoms with van der Waals surface area (Å²) in [7, 11) is 1.00. The Morgan fingerprint density at radius 2 is 1.43 bits per heavy atom. The normalized spacial score (nSPS) is 4.29. The topological polar surface area (TPSA) is 83.4 Å². The summed E-state index contributed by atoms with van der Waals surface area (Å²) in [6.07, 6.45) is -2.33. The van der Waals surface area contributed by atoms with Crippen LogP contribution in [0.4, 0.5) is 4.79 Å². The Balaban J connectivity index is -0.0000000480. The Morgan fingerprint density at radius 1 is 1.43 bits per heavy atom. The summed E-state index contributed by atoms with van der Waals surface area (Å²) in [5.41, 5.74) is 0. The minimum atomic E-state index is -2.33. The maximum atomic E-state index is 8.33. The van der Waals surface area contributed by atoms with Gasteiger partial charge in [-0.2, -0.15) is 0 Å². The number of carbonyl (C=O) groups is 1. The van der Waals surface area contributed by atoms with Gasteiger partial charge in [-0.1, -0.05) is 0 Å². The van der Waals surface area contributed by atoms with Gasteiger partial charge in [0, 0.05) is 7.11 Å². The van der Waals surface area contributed by atoms with E-state index >= 15 is 0 Å². The van der Waals surface area contributed by atoms with Gasteiger partial charge >= 0.3 is 23.1 Å². The molecule has 0 aromatic rings. The first-order valence-corrected chi connectivity index (χ1v) is 1.06. The predicted molar refractivity (Wildman–Crippen MR) is 19.3 cm³/mol. The van der Waals surface area contributed by atoms with Gasteiger partial charge in [0.05, 0.1) is 0 Å². The van der Waals surface area contributed by atoms with Gasteiger partial charge in [0.2, 0.25) is 0 Å². The monoisotopic (exact) mass is 116 g/mol. The van der Waals surface area contributed by atoms with Crippen LogP contribution in [0, 0.1) is 0 Å². The van der Waals surface area contributed by atoms with Crippen LogP contribution in [0.3, 0.4) is 0 Å². The molecule has 0 aromatic carbocycles. The zero-order valence-corrected chi connectivity index (χ0v) is 5.29. The summed E-state index contributed by atoms with van der Waals surface area (Å²) < 4.78 is 0. The number of carboxylic acid groups (broad SMARTS) is 2. The van der Waals surface area contributed by atoms with E-state index in [1.807, 2.05) is 0 Å². The molecule has 0 aromatic heterocycles. The molecule has 0 aliphatic heterocycles. The molecule has 38 valence electrons. The van der Waals surface area contributed by atoms with Gasteiger partial charge in [-0.25, -0.2) is 0 Å². The molecule has 0 aliphatic carbocycles. The van der Waals surface area contributed by atoms with Crippen molar-refractivity contribution < 1.29 is 20.1 Å². The van der Waals surface area contributed by atoms with E-state index in [1.54, 1.807) is 0 Å². The van der Waals surface area contributed by atoms with Gasteiger partial charge in [0.15, 0.2) is 0 Å². The molecular weight excluding hydrogens is 112 g/mol. The second-order valence-electron chi connectivity index (χ2n) is 0.250. The molecule has 5 heteroatoms. The summed E-state index contributed by atoms with van der Waals surface area (Å²) >= 11 is 0. The van der Waals surface area contributed by atoms with E-state index < -0.39 is 6.16 Å². The van der Waals surface area contributed by atoms with Gasteiger partial charge in [-0.15, -0.1) is 0 Å². The van der Waals surface area contributed by atoms with Crippen LogP contribution in [0.5, 0.6) is 0 Å². The Morgan fingerprint density at radius 3 is 1.43 bits per heavy atom. The Kier molecular flexibility index (Phi) is 37.5. The van der Waals surface area contributed by atoms with Gasteiger partial charge in [-0.05, 0) is 6.16 Å². The van der Waals surface area contributed by atoms with Crippen molar-refractivity contribution in [2.75, 3.05) is 7.11 Å². The average Bonchev–Trinajstić information content (AvgIpc) is 1.41. The minimum absolute atomic E-state index is 0. The van der Waals surface area contributed by atoms with Crippen molar-refractivity contribution in [3.63, 3.8) is 0 Å². The van der Waals surface area contributed by atoms with Crippen molar-refractivity contribution >= 4 is 29.2 Å². The predicted octanol–water partition coefficient (Wildman–Crippen LogP) is -3.22. The van der Waals surface area contributed by atoms with Crippen LogP contribution < -0.4 is 10.2 Å². The molecule has 0 rings (SSSR count). The third-order valence-corrected chi connectivity index (χ3v) is 0. The van der Waals surface area contributed by atoms with Gasteiger partial charge < -0.3 is 20.1 Å². The van der Waals surface area contributed by atoms with E-state index in [-0.39, 0.29) is 23.1 Å². The van der Waals surface area contributed by atoms with Crippen molar-refractivity contribution in [3.05, 3.63) is 0 Å². The zero-order valence-electron chi connectivity index (χ0n) is 3.88. The maximum Gasteiger partial charge on any atom is 2.00 e. The first-order chi connectivity index (χ1) is 2.73. The summed E-state index contributed by atoms with van der Waals surface area (Å²) in [6.45, 7) is 0. The van der Waals surface area contributed by atoms with Crippen molar-refractivity contribution in [1.82, 2.24) is 0 Å². The fraction of sp³-hybridized carbons (Fsp3) is 0.500. The van der Waals surface area contributed by atoms with E-state index in [0.717, 1.165) is 7.11 Å². The van der Waals surface area contributed by atoms with Crippen molar-refractivity contribution in [3.8, 4) is 0 Å². The Bertz CT molecular complexity index is 32.7. The summed E-state index contributed by atoms with van der Waals surface area (Å²) in [4.78, 5) is 8.33. The third-order valence-electron chi connectivity index (χ3n) is 0. The second kappa shape index (κ2) is 16.7. The van der Waals surface area contributed by atoms with Crippen LogP contribution in [-0.4, -0.2) is 41.4 Å². The maximum absolute atomic E-state index is 8.33. The molecule has 0 saturated heterocycles. The zero-order chi connectivity index (χ0) is 5.58. The fourth-order valence-electron chi connectivity index (χ4n) is 0. The smallest absolute Gasteiger partial charge is 0.652 e. The number of carbonyl (C=O) groups excluding carboxylic acids is 1. The average molecular weight is 116 g/mol. The fourth-order valence-corrected chi connectivity index (χ4v) is 0. The van der Waals surface area contributed by atoms with Crippen LogP contribution in [0.2, 0.25) is 0 Å². The molecule has 0 fully saturated rings. The standard InChI is InChI=1S/CH2O3.CH4O.Mg/c2-1(3)4;1-2;/h(H2,2,3,4);2H,1H3;/q;;+2/p-2. The number of hydrogen-bond acceptors (Lipinski definition) is 4. The molecular formula is C2H4MgO4. The van der Waals surface area contributed by atoms with E-state index in [0.29, 0.717) is 0 Å². The summed E-state index contributed by atoms with van der Waals surface area (Å²) in [6, 6.07) is 0. The van der Waals surface area contributed by atoms with Crippen molar-refractivity contribution in [2.24, 2.45) is 0 Å². The first-order valence-electron chi connectivity index (χ1n) is 1.06. The van der Waals surface area contributed by atoms with Gasteiger partial charge in [0.1, 0.15) is 0 Å². The number of rotatable bonds is 0. The SMILES string of the molecule is CO.O=C([O-])[O-].[Mg+2]. The minimum Gasteiger partial charge on any atom is -0.652 e. The van der Waals surface area contributed by atoms with E-state index in [4.69, 9.17) is 20.1 Å². The molecule has 0 spiro atoms. The molecule has 0 unspecified atom stereocenters. The summed E-state index contributed by atoms with van der Waals surface area (Å²) in [5.74, 6) is 0. The first kappa shape index (κ1) is 15.8. The van der Waals surface area contributed by atoms with Crippen LogP contribution in [0.25, 0.3) is 0 Å². The molecule has 4 nitrogen and oxygen atoms in total. The molecule has 0 bridgehead atoms. The molecule has 0 saturated carbocycles. The van der Waals surface area contributed by atoms with Gasteiger partial charge in [0.25, 0.3) is 0 Å². The molecule has 0 atom stereocenters. The third kappa shape index (κ3) is 6750000. The molecule has 0 aliphatic rings.